The summed E-state index contributed by atoms with van der Waals surface area (Å²) in [4.78, 5) is 11.0. The molecule has 0 saturated heterocycles. The molecule has 0 aliphatic heterocycles. The smallest absolute Gasteiger partial charge is 0.334 e. The summed E-state index contributed by atoms with van der Waals surface area (Å²) in [5.74, 6) is -0.268. The van der Waals surface area contributed by atoms with Crippen LogP contribution in [0.5, 0.6) is 0 Å². The van der Waals surface area contributed by atoms with Crippen LogP contribution in [0.2, 0.25) is 0 Å². The highest BCUT2D eigenvalue weighted by Gasteiger charge is 2.05. The Morgan fingerprint density at radius 2 is 2.25 bits per heavy atom. The van der Waals surface area contributed by atoms with Gasteiger partial charge in [-0.2, -0.15) is 0 Å². The summed E-state index contributed by atoms with van der Waals surface area (Å²) >= 11 is 3.21. The Balaban J connectivity index is 4.03. The van der Waals surface area contributed by atoms with Crippen LogP contribution in [0.3, 0.4) is 0 Å². The monoisotopic (exact) mass is 232 g/mol. The first-order valence-electron chi connectivity index (χ1n) is 3.70. The van der Waals surface area contributed by atoms with Gasteiger partial charge in [0.25, 0.3) is 0 Å². The summed E-state index contributed by atoms with van der Waals surface area (Å²) in [5.41, 5.74) is 0.666. The van der Waals surface area contributed by atoms with Gasteiger partial charge < -0.3 is 4.74 Å². The molecular formula is C9H13BrO2. The van der Waals surface area contributed by atoms with Crippen molar-refractivity contribution in [2.75, 3.05) is 12.4 Å². The molecule has 0 amide bonds. The minimum absolute atomic E-state index is 0.268. The molecule has 0 spiro atoms. The van der Waals surface area contributed by atoms with Crippen molar-refractivity contribution >= 4 is 21.9 Å². The van der Waals surface area contributed by atoms with Crippen molar-refractivity contribution in [2.24, 2.45) is 0 Å². The second-order valence-corrected chi connectivity index (χ2v) is 2.78. The number of hydrogen-bond donors (Lipinski definition) is 0. The number of alkyl halides is 1. The van der Waals surface area contributed by atoms with Crippen molar-refractivity contribution in [3.8, 4) is 0 Å². The fraction of sp³-hybridized carbons (Fsp3) is 0.444. The normalized spacial score (nSPS) is 11.0. The predicted octanol–water partition coefficient (Wildman–Crippen LogP) is 2.45. The van der Waals surface area contributed by atoms with Crippen molar-refractivity contribution in [1.29, 1.82) is 0 Å². The fourth-order valence-electron chi connectivity index (χ4n) is 0.699. The maximum atomic E-state index is 11.0. The van der Waals surface area contributed by atoms with Gasteiger partial charge in [0.2, 0.25) is 0 Å². The average molecular weight is 233 g/mol. The number of methoxy groups -OCH3 is 1. The third kappa shape index (κ3) is 4.34. The number of halogens is 1. The number of carbonyl (C=O) groups excluding carboxylic acids is 1. The van der Waals surface area contributed by atoms with E-state index in [0.29, 0.717) is 10.9 Å². The van der Waals surface area contributed by atoms with E-state index in [4.69, 9.17) is 0 Å². The molecule has 12 heavy (non-hydrogen) atoms. The quantitative estimate of drug-likeness (QED) is 0.240. The van der Waals surface area contributed by atoms with Crippen LogP contribution in [0.25, 0.3) is 0 Å². The first-order valence-corrected chi connectivity index (χ1v) is 4.82. The van der Waals surface area contributed by atoms with Gasteiger partial charge in [-0.3, -0.25) is 0 Å². The topological polar surface area (TPSA) is 26.3 Å². The molecular weight excluding hydrogens is 220 g/mol. The first-order chi connectivity index (χ1) is 5.76. The number of allylic oxidation sites excluding steroid dienone is 2. The molecule has 2 nitrogen and oxygen atoms in total. The molecule has 0 unspecified atom stereocenters. The third-order valence-electron chi connectivity index (χ3n) is 1.35. The highest BCUT2D eigenvalue weighted by atomic mass is 79.9. The number of unbranched alkanes of at least 4 members (excludes halogenated alkanes) is 1. The third-order valence-corrected chi connectivity index (χ3v) is 1.96. The molecule has 0 rings (SSSR count). The van der Waals surface area contributed by atoms with Crippen LogP contribution in [0.1, 0.15) is 12.8 Å². The summed E-state index contributed by atoms with van der Waals surface area (Å²) in [6, 6.07) is 0. The van der Waals surface area contributed by atoms with Crippen LogP contribution in [0.4, 0.5) is 0 Å². The van der Waals surface area contributed by atoms with Crippen LogP contribution in [-0.2, 0) is 9.53 Å². The lowest BCUT2D eigenvalue weighted by atomic mass is 10.2. The Morgan fingerprint density at radius 1 is 1.58 bits per heavy atom. The van der Waals surface area contributed by atoms with Crippen LogP contribution in [0, 0.1) is 0 Å². The van der Waals surface area contributed by atoms with Gasteiger partial charge in [0.1, 0.15) is 0 Å². The zero-order valence-electron chi connectivity index (χ0n) is 7.18. The molecule has 68 valence electrons. The van der Waals surface area contributed by atoms with Crippen LogP contribution < -0.4 is 0 Å². The largest absolute Gasteiger partial charge is 0.466 e. The highest BCUT2D eigenvalue weighted by Crippen LogP contribution is 2.05. The number of ether oxygens (including phenoxy) is 1. The molecule has 0 atom stereocenters. The lowest BCUT2D eigenvalue weighted by molar-refractivity contribution is -0.135. The lowest BCUT2D eigenvalue weighted by Crippen LogP contribution is -2.05. The van der Waals surface area contributed by atoms with Gasteiger partial charge >= 0.3 is 5.97 Å². The fourth-order valence-corrected chi connectivity index (χ4v) is 1.16. The average Bonchev–Trinajstić information content (AvgIpc) is 2.11. The first kappa shape index (κ1) is 11.4. The lowest BCUT2D eigenvalue weighted by Gasteiger charge is -1.99. The Hall–Kier alpha value is -0.570. The van der Waals surface area contributed by atoms with E-state index in [-0.39, 0.29) is 5.97 Å². The van der Waals surface area contributed by atoms with Crippen molar-refractivity contribution in [3.05, 3.63) is 24.3 Å². The van der Waals surface area contributed by atoms with Gasteiger partial charge in [-0.15, -0.1) is 6.58 Å². The second kappa shape index (κ2) is 7.10. The van der Waals surface area contributed by atoms with E-state index in [0.717, 1.165) is 12.8 Å². The van der Waals surface area contributed by atoms with Gasteiger partial charge in [-0.25, -0.2) is 4.79 Å². The maximum Gasteiger partial charge on any atom is 0.334 e. The van der Waals surface area contributed by atoms with Crippen molar-refractivity contribution in [3.63, 3.8) is 0 Å². The summed E-state index contributed by atoms with van der Waals surface area (Å²) in [6.07, 6.45) is 5.40. The number of rotatable bonds is 5. The number of carbonyl (C=O) groups is 1. The molecule has 0 aliphatic carbocycles. The summed E-state index contributed by atoms with van der Waals surface area (Å²) < 4.78 is 4.57. The summed E-state index contributed by atoms with van der Waals surface area (Å²) in [7, 11) is 1.38. The van der Waals surface area contributed by atoms with E-state index in [1.165, 1.54) is 7.11 Å². The van der Waals surface area contributed by atoms with Crippen molar-refractivity contribution in [2.45, 2.75) is 12.8 Å². The van der Waals surface area contributed by atoms with Crippen LogP contribution >= 0.6 is 15.9 Å². The Kier molecular flexibility index (Phi) is 6.76. The van der Waals surface area contributed by atoms with Crippen molar-refractivity contribution < 1.29 is 9.53 Å². The summed E-state index contributed by atoms with van der Waals surface area (Å²) in [5, 5.41) is 0.539. The van der Waals surface area contributed by atoms with E-state index in [9.17, 15) is 4.79 Å². The second-order valence-electron chi connectivity index (χ2n) is 2.22. The highest BCUT2D eigenvalue weighted by molar-refractivity contribution is 9.09. The van der Waals surface area contributed by atoms with E-state index >= 15 is 0 Å². The number of hydrogen-bond acceptors (Lipinski definition) is 2. The SMILES string of the molecule is C=CCC/C=C(/CBr)C(=O)OC. The molecule has 0 radical (unpaired) electrons. The molecule has 0 N–H and O–H groups in total. The molecule has 0 bridgehead atoms. The van der Waals surface area contributed by atoms with Gasteiger partial charge in [-0.05, 0) is 12.8 Å². The van der Waals surface area contributed by atoms with E-state index in [1.807, 2.05) is 12.2 Å². The van der Waals surface area contributed by atoms with E-state index in [1.54, 1.807) is 0 Å². The standard InChI is InChI=1S/C9H13BrO2/c1-3-4-5-6-8(7-10)9(11)12-2/h3,6H,1,4-5,7H2,2H3/b8-6-. The molecule has 0 aliphatic rings. The van der Waals surface area contributed by atoms with E-state index < -0.39 is 0 Å². The Labute approximate surface area is 81.4 Å². The van der Waals surface area contributed by atoms with Crippen molar-refractivity contribution in [1.82, 2.24) is 0 Å². The molecule has 0 aromatic carbocycles. The minimum Gasteiger partial charge on any atom is -0.466 e. The maximum absolute atomic E-state index is 11.0. The molecule has 0 heterocycles. The predicted molar refractivity (Wildman–Crippen MR) is 53.3 cm³/mol. The van der Waals surface area contributed by atoms with Crippen LogP contribution in [0.15, 0.2) is 24.3 Å². The molecule has 0 saturated carbocycles. The van der Waals surface area contributed by atoms with E-state index in [2.05, 4.69) is 27.2 Å². The number of esters is 1. The van der Waals surface area contributed by atoms with Crippen LogP contribution in [-0.4, -0.2) is 18.4 Å². The molecule has 0 aromatic rings. The summed E-state index contributed by atoms with van der Waals surface area (Å²) in [6.45, 7) is 3.59. The molecule has 3 heteroatoms. The molecule has 0 fully saturated rings. The Bertz CT molecular complexity index is 185. The zero-order chi connectivity index (χ0) is 9.40. The Morgan fingerprint density at radius 3 is 2.67 bits per heavy atom. The van der Waals surface area contributed by atoms with Gasteiger partial charge in [0, 0.05) is 10.9 Å². The minimum atomic E-state index is -0.268. The zero-order valence-corrected chi connectivity index (χ0v) is 8.76. The van der Waals surface area contributed by atoms with Gasteiger partial charge in [0.15, 0.2) is 0 Å². The van der Waals surface area contributed by atoms with Gasteiger partial charge in [-0.1, -0.05) is 28.1 Å². The molecule has 0 aromatic heterocycles. The van der Waals surface area contributed by atoms with Gasteiger partial charge in [0.05, 0.1) is 7.11 Å².